The fourth-order valence-corrected chi connectivity index (χ4v) is 3.52. The van der Waals surface area contributed by atoms with Gasteiger partial charge in [-0.3, -0.25) is 0 Å². The molecule has 0 rings (SSSR count). The van der Waals surface area contributed by atoms with E-state index in [-0.39, 0.29) is 0 Å². The number of rotatable bonds is 13. The van der Waals surface area contributed by atoms with Crippen molar-refractivity contribution in [2.75, 3.05) is 0 Å². The van der Waals surface area contributed by atoms with Crippen molar-refractivity contribution in [1.29, 1.82) is 0 Å². The van der Waals surface area contributed by atoms with E-state index in [1.54, 1.807) is 0 Å². The van der Waals surface area contributed by atoms with Crippen molar-refractivity contribution in [3.05, 3.63) is 0 Å². The Morgan fingerprint density at radius 1 is 0.778 bits per heavy atom. The summed E-state index contributed by atoms with van der Waals surface area (Å²) in [5, 5.41) is 0. The van der Waals surface area contributed by atoms with Crippen molar-refractivity contribution in [2.45, 2.75) is 104 Å². The van der Waals surface area contributed by atoms with Crippen molar-refractivity contribution >= 4 is 9.04 Å². The van der Waals surface area contributed by atoms with E-state index >= 15 is 0 Å². The zero-order valence-electron chi connectivity index (χ0n) is 13.3. The average Bonchev–Trinajstić information content (AvgIpc) is 2.30. The monoisotopic (exact) mass is 272 g/mol. The van der Waals surface area contributed by atoms with Gasteiger partial charge >= 0.3 is 0 Å². The van der Waals surface area contributed by atoms with E-state index < -0.39 is 9.04 Å². The van der Waals surface area contributed by atoms with Crippen LogP contribution in [0.25, 0.3) is 0 Å². The van der Waals surface area contributed by atoms with Gasteiger partial charge in [0.1, 0.15) is 0 Å². The third-order valence-corrected chi connectivity index (χ3v) is 4.48. The van der Waals surface area contributed by atoms with Crippen LogP contribution < -0.4 is 0 Å². The Kier molecular flexibility index (Phi) is 13.7. The van der Waals surface area contributed by atoms with Crippen LogP contribution in [0.3, 0.4) is 0 Å². The second-order valence-corrected chi connectivity index (χ2v) is 8.34. The Hall–Kier alpha value is 0.177. The molecule has 1 atom stereocenters. The zero-order valence-corrected chi connectivity index (χ0v) is 14.5. The molecule has 0 N–H and O–H groups in total. The fourth-order valence-electron chi connectivity index (χ4n) is 2.45. The molecule has 0 aromatic rings. The van der Waals surface area contributed by atoms with Crippen molar-refractivity contribution in [1.82, 2.24) is 0 Å². The van der Waals surface area contributed by atoms with Gasteiger partial charge in [-0.2, -0.15) is 0 Å². The van der Waals surface area contributed by atoms with Gasteiger partial charge in [-0.25, -0.2) is 0 Å². The first kappa shape index (κ1) is 18.2. The topological polar surface area (TPSA) is 9.23 Å². The molecule has 0 spiro atoms. The summed E-state index contributed by atoms with van der Waals surface area (Å²) >= 11 is 0. The minimum absolute atomic E-state index is 0.505. The highest BCUT2D eigenvalue weighted by Crippen LogP contribution is 2.13. The van der Waals surface area contributed by atoms with Crippen LogP contribution in [0, 0.1) is 0 Å². The van der Waals surface area contributed by atoms with E-state index in [9.17, 15) is 0 Å². The molecule has 1 nitrogen and oxygen atoms in total. The van der Waals surface area contributed by atoms with Crippen molar-refractivity contribution in [3.63, 3.8) is 0 Å². The Balaban J connectivity index is 3.07. The summed E-state index contributed by atoms with van der Waals surface area (Å²) in [6.45, 7) is 9.04. The lowest BCUT2D eigenvalue weighted by Gasteiger charge is -2.15. The van der Waals surface area contributed by atoms with Crippen LogP contribution in [0.1, 0.15) is 84.5 Å². The van der Waals surface area contributed by atoms with Gasteiger partial charge in [0.25, 0.3) is 0 Å². The minimum Gasteiger partial charge on any atom is -0.418 e. The molecule has 0 aliphatic rings. The molecule has 0 radical (unpaired) electrons. The summed E-state index contributed by atoms with van der Waals surface area (Å²) in [7, 11) is -0.813. The molecule has 1 unspecified atom stereocenters. The van der Waals surface area contributed by atoms with Crippen molar-refractivity contribution in [2.24, 2.45) is 0 Å². The highest BCUT2D eigenvalue weighted by atomic mass is 28.3. The van der Waals surface area contributed by atoms with Gasteiger partial charge in [0.15, 0.2) is 9.04 Å². The molecular formula is C16H36OSi. The molecule has 0 aliphatic heterocycles. The Morgan fingerprint density at radius 3 is 1.67 bits per heavy atom. The lowest BCUT2D eigenvalue weighted by Crippen LogP contribution is -2.17. The number of unbranched alkanes of at least 4 members (excludes halogenated alkanes) is 9. The van der Waals surface area contributed by atoms with Crippen LogP contribution in [0.2, 0.25) is 13.1 Å². The fraction of sp³-hybridized carbons (Fsp3) is 1.00. The van der Waals surface area contributed by atoms with Crippen LogP contribution in [-0.4, -0.2) is 15.1 Å². The van der Waals surface area contributed by atoms with Gasteiger partial charge in [0.05, 0.1) is 0 Å². The van der Waals surface area contributed by atoms with E-state index in [1.807, 2.05) is 0 Å². The standard InChI is InChI=1S/C16H36OSi/c1-5-6-7-8-9-10-11-12-13-14-15-16(2)17-18(3)4/h16,18H,5-15H2,1-4H3. The van der Waals surface area contributed by atoms with Gasteiger partial charge in [-0.1, -0.05) is 71.1 Å². The highest BCUT2D eigenvalue weighted by Gasteiger charge is 2.04. The quantitative estimate of drug-likeness (QED) is 0.309. The Labute approximate surface area is 117 Å². The summed E-state index contributed by atoms with van der Waals surface area (Å²) in [4.78, 5) is 0. The molecule has 0 heterocycles. The lowest BCUT2D eigenvalue weighted by molar-refractivity contribution is 0.209. The van der Waals surface area contributed by atoms with Crippen LogP contribution >= 0.6 is 0 Å². The van der Waals surface area contributed by atoms with E-state index in [2.05, 4.69) is 26.9 Å². The van der Waals surface area contributed by atoms with Gasteiger partial charge in [-0.15, -0.1) is 0 Å². The molecule has 0 bridgehead atoms. The Bertz CT molecular complexity index is 159. The van der Waals surface area contributed by atoms with Crippen molar-refractivity contribution in [3.8, 4) is 0 Å². The third kappa shape index (κ3) is 14.2. The predicted molar refractivity (Wildman–Crippen MR) is 85.9 cm³/mol. The molecule has 0 fully saturated rings. The van der Waals surface area contributed by atoms with Gasteiger partial charge < -0.3 is 4.43 Å². The third-order valence-electron chi connectivity index (χ3n) is 3.47. The number of hydrogen-bond donors (Lipinski definition) is 0. The SMILES string of the molecule is CCCCCCCCCCCCC(C)O[SiH](C)C. The molecule has 0 amide bonds. The smallest absolute Gasteiger partial charge is 0.171 e. The van der Waals surface area contributed by atoms with Crippen molar-refractivity contribution < 1.29 is 4.43 Å². The average molecular weight is 273 g/mol. The van der Waals surface area contributed by atoms with Gasteiger partial charge in [-0.05, 0) is 26.4 Å². The maximum atomic E-state index is 5.87. The Morgan fingerprint density at radius 2 is 1.22 bits per heavy atom. The normalized spacial score (nSPS) is 13.2. The highest BCUT2D eigenvalue weighted by molar-refractivity contribution is 6.48. The maximum Gasteiger partial charge on any atom is 0.171 e. The van der Waals surface area contributed by atoms with Gasteiger partial charge in [0, 0.05) is 6.10 Å². The molecule has 0 aromatic carbocycles. The predicted octanol–water partition coefficient (Wildman–Crippen LogP) is 5.69. The zero-order chi connectivity index (χ0) is 13.6. The molecule has 0 aliphatic carbocycles. The summed E-state index contributed by atoms with van der Waals surface area (Å²) in [5.74, 6) is 0. The van der Waals surface area contributed by atoms with Crippen LogP contribution in [0.4, 0.5) is 0 Å². The van der Waals surface area contributed by atoms with Crippen LogP contribution in [0.5, 0.6) is 0 Å². The summed E-state index contributed by atoms with van der Waals surface area (Å²) in [6.07, 6.45) is 16.0. The largest absolute Gasteiger partial charge is 0.418 e. The van der Waals surface area contributed by atoms with E-state index in [4.69, 9.17) is 4.43 Å². The molecule has 110 valence electrons. The first-order valence-electron chi connectivity index (χ1n) is 8.32. The second-order valence-electron chi connectivity index (χ2n) is 5.97. The molecule has 0 aromatic heterocycles. The van der Waals surface area contributed by atoms with Crippen LogP contribution in [-0.2, 0) is 4.43 Å². The minimum atomic E-state index is -0.813. The maximum absolute atomic E-state index is 5.87. The molecule has 18 heavy (non-hydrogen) atoms. The van der Waals surface area contributed by atoms with E-state index in [0.717, 1.165) is 0 Å². The first-order chi connectivity index (χ1) is 8.66. The molecule has 2 heteroatoms. The summed E-state index contributed by atoms with van der Waals surface area (Å²) in [6, 6.07) is 0. The first-order valence-corrected chi connectivity index (χ1v) is 11.1. The van der Waals surface area contributed by atoms with E-state index in [1.165, 1.54) is 70.6 Å². The summed E-state index contributed by atoms with van der Waals surface area (Å²) in [5.41, 5.74) is 0. The van der Waals surface area contributed by atoms with Crippen LogP contribution in [0.15, 0.2) is 0 Å². The number of hydrogen-bond acceptors (Lipinski definition) is 1. The lowest BCUT2D eigenvalue weighted by atomic mass is 10.1. The second kappa shape index (κ2) is 13.6. The summed E-state index contributed by atoms with van der Waals surface area (Å²) < 4.78 is 5.87. The van der Waals surface area contributed by atoms with E-state index in [0.29, 0.717) is 6.10 Å². The molecular weight excluding hydrogens is 236 g/mol. The molecule has 0 saturated carbocycles. The molecule has 0 saturated heterocycles. The van der Waals surface area contributed by atoms with Gasteiger partial charge in [0.2, 0.25) is 0 Å².